The lowest BCUT2D eigenvalue weighted by atomic mass is 9.95. The van der Waals surface area contributed by atoms with E-state index in [0.29, 0.717) is 54.9 Å². The van der Waals surface area contributed by atoms with Crippen LogP contribution >= 0.6 is 22.9 Å². The summed E-state index contributed by atoms with van der Waals surface area (Å²) in [6.45, 7) is 2.52. The second-order valence-electron chi connectivity index (χ2n) is 8.20. The van der Waals surface area contributed by atoms with Crippen molar-refractivity contribution in [3.05, 3.63) is 62.5 Å². The lowest BCUT2D eigenvalue weighted by Crippen LogP contribution is -2.60. The van der Waals surface area contributed by atoms with Crippen LogP contribution in [0.1, 0.15) is 16.6 Å². The lowest BCUT2D eigenvalue weighted by molar-refractivity contribution is -0.152. The highest BCUT2D eigenvalue weighted by Gasteiger charge is 2.37. The molecule has 1 aromatic heterocycles. The van der Waals surface area contributed by atoms with Gasteiger partial charge in [0.25, 0.3) is 0 Å². The summed E-state index contributed by atoms with van der Waals surface area (Å²) in [5.74, 6) is -1.27. The number of amides is 1. The third-order valence-electron chi connectivity index (χ3n) is 6.05. The number of amidine groups is 1. The first-order valence-electron chi connectivity index (χ1n) is 10.7. The molecule has 2 atom stereocenters. The van der Waals surface area contributed by atoms with Crippen LogP contribution in [-0.2, 0) is 14.3 Å². The number of nitrogens with one attached hydrogen (secondary N) is 1. The van der Waals surface area contributed by atoms with Crippen molar-refractivity contribution < 1.29 is 23.8 Å². The standard InChI is InChI=1S/C22H21ClFN5O4S/c23-15-7-12(24)1-2-14(15)19-18(22(31)32)16(26-20(27-19)21-25-3-6-34-21)9-28-4-5-29-13(8-28)10-33-11-17(29)30/h1-3,6-7,13,19H,4-5,8-11H2,(H,26,27)(H,31,32)/t13?,19-/m0/s1. The van der Waals surface area contributed by atoms with Crippen molar-refractivity contribution in [1.29, 1.82) is 0 Å². The van der Waals surface area contributed by atoms with E-state index in [1.165, 1.54) is 23.5 Å². The van der Waals surface area contributed by atoms with Crippen LogP contribution in [-0.4, -0.2) is 83.0 Å². The van der Waals surface area contributed by atoms with E-state index in [1.807, 2.05) is 4.90 Å². The molecule has 1 unspecified atom stereocenters. The molecule has 1 aromatic carbocycles. The number of hydrogen-bond acceptors (Lipinski definition) is 8. The van der Waals surface area contributed by atoms with Crippen molar-refractivity contribution in [2.75, 3.05) is 39.4 Å². The molecule has 9 nitrogen and oxygen atoms in total. The smallest absolute Gasteiger partial charge is 0.335 e. The van der Waals surface area contributed by atoms with Crippen molar-refractivity contribution >= 4 is 40.6 Å². The zero-order valence-electron chi connectivity index (χ0n) is 17.9. The van der Waals surface area contributed by atoms with Crippen LogP contribution in [0.25, 0.3) is 0 Å². The van der Waals surface area contributed by atoms with Crippen molar-refractivity contribution in [2.24, 2.45) is 4.99 Å². The number of benzene rings is 1. The number of nitrogens with zero attached hydrogens (tertiary/aromatic N) is 4. The van der Waals surface area contributed by atoms with Gasteiger partial charge in [0, 0.05) is 54.0 Å². The highest BCUT2D eigenvalue weighted by atomic mass is 35.5. The number of fused-ring (bicyclic) bond motifs is 1. The van der Waals surface area contributed by atoms with Gasteiger partial charge in [0.15, 0.2) is 10.8 Å². The van der Waals surface area contributed by atoms with Crippen LogP contribution in [0.5, 0.6) is 0 Å². The summed E-state index contributed by atoms with van der Waals surface area (Å²) < 4.78 is 19.1. The predicted octanol–water partition coefficient (Wildman–Crippen LogP) is 1.91. The summed E-state index contributed by atoms with van der Waals surface area (Å²) in [4.78, 5) is 37.4. The largest absolute Gasteiger partial charge is 0.478 e. The molecule has 12 heteroatoms. The van der Waals surface area contributed by atoms with Crippen molar-refractivity contribution in [2.45, 2.75) is 12.1 Å². The molecule has 0 bridgehead atoms. The Labute approximate surface area is 203 Å². The summed E-state index contributed by atoms with van der Waals surface area (Å²) in [6.07, 6.45) is 1.64. The SMILES string of the molecule is O=C(O)C1=C(CN2CCN3C(=O)COCC3C2)NC(c2nccs2)=N[C@H]1c1ccc(F)cc1Cl. The van der Waals surface area contributed by atoms with Crippen LogP contribution in [0, 0.1) is 5.82 Å². The number of carbonyl (C=O) groups excluding carboxylic acids is 1. The Morgan fingerprint density at radius 1 is 1.38 bits per heavy atom. The highest BCUT2D eigenvalue weighted by molar-refractivity contribution is 7.11. The summed E-state index contributed by atoms with van der Waals surface area (Å²) in [5, 5.41) is 15.8. The van der Waals surface area contributed by atoms with E-state index in [-0.39, 0.29) is 29.2 Å². The number of ether oxygens (including phenoxy) is 1. The first-order valence-corrected chi connectivity index (χ1v) is 11.9. The molecule has 1 amide bonds. The number of piperazine rings is 1. The number of carbonyl (C=O) groups is 2. The maximum atomic E-state index is 13.7. The summed E-state index contributed by atoms with van der Waals surface area (Å²) in [5.41, 5.74) is 0.881. The molecule has 0 aliphatic carbocycles. The zero-order chi connectivity index (χ0) is 23.8. The first-order chi connectivity index (χ1) is 16.4. The number of carboxylic acids is 1. The van der Waals surface area contributed by atoms with Gasteiger partial charge in [0.2, 0.25) is 5.91 Å². The maximum Gasteiger partial charge on any atom is 0.335 e. The van der Waals surface area contributed by atoms with Crippen LogP contribution in [0.4, 0.5) is 4.39 Å². The summed E-state index contributed by atoms with van der Waals surface area (Å²) in [7, 11) is 0. The summed E-state index contributed by atoms with van der Waals surface area (Å²) >= 11 is 7.68. The van der Waals surface area contributed by atoms with Crippen molar-refractivity contribution in [1.82, 2.24) is 20.1 Å². The third-order valence-corrected chi connectivity index (χ3v) is 7.16. The first kappa shape index (κ1) is 22.9. The number of aliphatic imine (C=N–C) groups is 1. The van der Waals surface area contributed by atoms with Crippen molar-refractivity contribution in [3.63, 3.8) is 0 Å². The average Bonchev–Trinajstić information content (AvgIpc) is 3.34. The molecule has 2 N–H and O–H groups in total. The fourth-order valence-corrected chi connectivity index (χ4v) is 5.35. The molecule has 0 spiro atoms. The maximum absolute atomic E-state index is 13.7. The predicted molar refractivity (Wildman–Crippen MR) is 123 cm³/mol. The van der Waals surface area contributed by atoms with Crippen LogP contribution in [0.3, 0.4) is 0 Å². The number of hydrogen-bond donors (Lipinski definition) is 2. The third kappa shape index (κ3) is 4.43. The minimum Gasteiger partial charge on any atom is -0.478 e. The van der Waals surface area contributed by atoms with E-state index >= 15 is 0 Å². The average molecular weight is 506 g/mol. The van der Waals surface area contributed by atoms with E-state index in [0.717, 1.165) is 6.07 Å². The van der Waals surface area contributed by atoms with Crippen LogP contribution in [0.15, 0.2) is 46.0 Å². The zero-order valence-corrected chi connectivity index (χ0v) is 19.5. The molecular formula is C22H21ClFN5O4S. The van der Waals surface area contributed by atoms with E-state index in [9.17, 15) is 19.1 Å². The molecule has 178 valence electrons. The molecule has 2 saturated heterocycles. The number of carboxylic acid groups (broad SMARTS) is 1. The Morgan fingerprint density at radius 2 is 2.24 bits per heavy atom. The number of rotatable bonds is 5. The van der Waals surface area contributed by atoms with E-state index in [1.54, 1.807) is 11.6 Å². The Morgan fingerprint density at radius 3 is 2.97 bits per heavy atom. The molecular weight excluding hydrogens is 485 g/mol. The van der Waals surface area contributed by atoms with E-state index < -0.39 is 17.8 Å². The normalized spacial score (nSPS) is 23.4. The molecule has 2 fully saturated rings. The van der Waals surface area contributed by atoms with Gasteiger partial charge in [-0.15, -0.1) is 11.3 Å². The minimum atomic E-state index is -1.15. The van der Waals surface area contributed by atoms with Gasteiger partial charge in [0.1, 0.15) is 18.5 Å². The Hall–Kier alpha value is -2.86. The molecule has 0 saturated carbocycles. The van der Waals surface area contributed by atoms with Crippen LogP contribution in [0.2, 0.25) is 5.02 Å². The second-order valence-corrected chi connectivity index (χ2v) is 9.50. The second kappa shape index (κ2) is 9.41. The Balaban J connectivity index is 1.50. The quantitative estimate of drug-likeness (QED) is 0.639. The number of morpholine rings is 1. The topological polar surface area (TPSA) is 107 Å². The fraction of sp³-hybridized carbons (Fsp3) is 0.364. The van der Waals surface area contributed by atoms with Crippen LogP contribution < -0.4 is 5.32 Å². The van der Waals surface area contributed by atoms with E-state index in [2.05, 4.69) is 20.2 Å². The summed E-state index contributed by atoms with van der Waals surface area (Å²) in [6, 6.07) is 2.82. The molecule has 34 heavy (non-hydrogen) atoms. The lowest BCUT2D eigenvalue weighted by Gasteiger charge is -2.44. The van der Waals surface area contributed by atoms with Gasteiger partial charge < -0.3 is 20.1 Å². The molecule has 2 aromatic rings. The Kier molecular flexibility index (Phi) is 6.34. The molecule has 3 aliphatic rings. The van der Waals surface area contributed by atoms with Gasteiger partial charge >= 0.3 is 5.97 Å². The molecule has 0 radical (unpaired) electrons. The number of thiazole rings is 1. The fourth-order valence-electron chi connectivity index (χ4n) is 4.49. The minimum absolute atomic E-state index is 0.0265. The molecule has 5 rings (SSSR count). The monoisotopic (exact) mass is 505 g/mol. The van der Waals surface area contributed by atoms with Gasteiger partial charge in [-0.05, 0) is 12.1 Å². The molecule has 4 heterocycles. The van der Waals surface area contributed by atoms with E-state index in [4.69, 9.17) is 16.3 Å². The number of halogens is 2. The van der Waals surface area contributed by atoms with Gasteiger partial charge in [0.05, 0.1) is 18.2 Å². The van der Waals surface area contributed by atoms with Gasteiger partial charge in [-0.25, -0.2) is 14.2 Å². The highest BCUT2D eigenvalue weighted by Crippen LogP contribution is 2.36. The number of aromatic nitrogens is 1. The van der Waals surface area contributed by atoms with Gasteiger partial charge in [-0.3, -0.25) is 14.7 Å². The number of aliphatic carboxylic acids is 1. The van der Waals surface area contributed by atoms with Crippen molar-refractivity contribution in [3.8, 4) is 0 Å². The molecule has 3 aliphatic heterocycles. The Bertz CT molecular complexity index is 1190. The van der Waals surface area contributed by atoms with Gasteiger partial charge in [-0.2, -0.15) is 0 Å². The van der Waals surface area contributed by atoms with Gasteiger partial charge in [-0.1, -0.05) is 17.7 Å².